The van der Waals surface area contributed by atoms with Gasteiger partial charge < -0.3 is 4.90 Å². The Kier molecular flexibility index (Phi) is 3.54. The van der Waals surface area contributed by atoms with E-state index < -0.39 is 0 Å². The number of hydrogen-bond donors (Lipinski definition) is 0. The summed E-state index contributed by atoms with van der Waals surface area (Å²) in [6.45, 7) is 0.431. The summed E-state index contributed by atoms with van der Waals surface area (Å²) in [5.41, 5.74) is 0.615. The highest BCUT2D eigenvalue weighted by Gasteiger charge is 2.07. The first-order chi connectivity index (χ1) is 8.16. The first kappa shape index (κ1) is 11.8. The lowest BCUT2D eigenvalue weighted by atomic mass is 10.2. The van der Waals surface area contributed by atoms with Crippen molar-refractivity contribution in [1.29, 1.82) is 0 Å². The Morgan fingerprint density at radius 2 is 2.06 bits per heavy atom. The lowest BCUT2D eigenvalue weighted by Gasteiger charge is -2.18. The topological polar surface area (TPSA) is 29.0 Å². The summed E-state index contributed by atoms with van der Waals surface area (Å²) in [4.78, 5) is 9.69. The molecule has 0 spiro atoms. The molecule has 3 nitrogen and oxygen atoms in total. The maximum atomic E-state index is 13.5. The number of halogens is 2. The van der Waals surface area contributed by atoms with E-state index in [1.54, 1.807) is 24.3 Å². The van der Waals surface area contributed by atoms with Crippen LogP contribution < -0.4 is 4.90 Å². The highest BCUT2D eigenvalue weighted by molar-refractivity contribution is 6.29. The molecule has 0 fully saturated rings. The van der Waals surface area contributed by atoms with Crippen LogP contribution in [0.25, 0.3) is 0 Å². The van der Waals surface area contributed by atoms with Gasteiger partial charge in [-0.1, -0.05) is 29.8 Å². The third-order valence-electron chi connectivity index (χ3n) is 2.38. The number of benzene rings is 1. The van der Waals surface area contributed by atoms with Crippen molar-refractivity contribution in [3.63, 3.8) is 0 Å². The van der Waals surface area contributed by atoms with Crippen LogP contribution in [0.3, 0.4) is 0 Å². The van der Waals surface area contributed by atoms with Gasteiger partial charge in [-0.3, -0.25) is 0 Å². The van der Waals surface area contributed by atoms with E-state index in [1.807, 2.05) is 11.9 Å². The molecular weight excluding hydrogens is 241 g/mol. The predicted molar refractivity (Wildman–Crippen MR) is 65.5 cm³/mol. The summed E-state index contributed by atoms with van der Waals surface area (Å²) in [7, 11) is 1.82. The normalized spacial score (nSPS) is 10.3. The monoisotopic (exact) mass is 251 g/mol. The minimum Gasteiger partial charge on any atom is -0.355 e. The summed E-state index contributed by atoms with van der Waals surface area (Å²) in [6, 6.07) is 8.30. The van der Waals surface area contributed by atoms with Gasteiger partial charge in [0.15, 0.2) is 0 Å². The molecule has 0 N–H and O–H groups in total. The Morgan fingerprint density at radius 3 is 2.76 bits per heavy atom. The fourth-order valence-corrected chi connectivity index (χ4v) is 1.64. The molecular formula is C12H11ClFN3. The van der Waals surface area contributed by atoms with E-state index in [-0.39, 0.29) is 5.82 Å². The van der Waals surface area contributed by atoms with Crippen molar-refractivity contribution in [3.05, 3.63) is 53.2 Å². The van der Waals surface area contributed by atoms with Crippen LogP contribution in [0.2, 0.25) is 5.15 Å². The summed E-state index contributed by atoms with van der Waals surface area (Å²) in [6.07, 6.45) is 1.38. The number of anilines is 1. The van der Waals surface area contributed by atoms with Crippen molar-refractivity contribution in [1.82, 2.24) is 9.97 Å². The maximum absolute atomic E-state index is 13.5. The molecule has 0 saturated heterocycles. The van der Waals surface area contributed by atoms with Crippen LogP contribution in [-0.2, 0) is 6.54 Å². The van der Waals surface area contributed by atoms with Crippen molar-refractivity contribution >= 4 is 17.4 Å². The summed E-state index contributed by atoms with van der Waals surface area (Å²) in [5.74, 6) is 0.438. The third kappa shape index (κ3) is 2.91. The van der Waals surface area contributed by atoms with Crippen molar-refractivity contribution in [2.75, 3.05) is 11.9 Å². The lowest BCUT2D eigenvalue weighted by Crippen LogP contribution is -2.18. The van der Waals surface area contributed by atoms with E-state index in [2.05, 4.69) is 9.97 Å². The van der Waals surface area contributed by atoms with E-state index in [0.29, 0.717) is 23.1 Å². The van der Waals surface area contributed by atoms with Gasteiger partial charge in [-0.2, -0.15) is 0 Å². The van der Waals surface area contributed by atoms with Gasteiger partial charge in [0, 0.05) is 25.2 Å². The first-order valence-electron chi connectivity index (χ1n) is 5.09. The molecule has 0 bridgehead atoms. The van der Waals surface area contributed by atoms with Crippen molar-refractivity contribution in [3.8, 4) is 0 Å². The van der Waals surface area contributed by atoms with Crippen LogP contribution in [0.1, 0.15) is 5.56 Å². The standard InChI is InChI=1S/C12H11ClFN3/c1-17(12-6-11(13)15-8-16-12)7-9-4-2-3-5-10(9)14/h2-6,8H,7H2,1H3. The fourth-order valence-electron chi connectivity index (χ4n) is 1.50. The molecule has 5 heteroatoms. The minimum atomic E-state index is -0.223. The van der Waals surface area contributed by atoms with Gasteiger partial charge in [-0.25, -0.2) is 14.4 Å². The smallest absolute Gasteiger partial charge is 0.134 e. The molecule has 1 aromatic heterocycles. The second-order valence-electron chi connectivity index (χ2n) is 3.65. The Balaban J connectivity index is 2.17. The number of nitrogens with zero attached hydrogens (tertiary/aromatic N) is 3. The summed E-state index contributed by atoms with van der Waals surface area (Å²) < 4.78 is 13.5. The van der Waals surface area contributed by atoms with Crippen LogP contribution in [0.5, 0.6) is 0 Å². The highest BCUT2D eigenvalue weighted by Crippen LogP contribution is 2.16. The molecule has 0 atom stereocenters. The molecule has 1 heterocycles. The van der Waals surface area contributed by atoms with Gasteiger partial charge in [0.1, 0.15) is 23.1 Å². The molecule has 0 amide bonds. The van der Waals surface area contributed by atoms with Gasteiger partial charge >= 0.3 is 0 Å². The van der Waals surface area contributed by atoms with Crippen molar-refractivity contribution < 1.29 is 4.39 Å². The Hall–Kier alpha value is -1.68. The van der Waals surface area contributed by atoms with Gasteiger partial charge in [-0.15, -0.1) is 0 Å². The SMILES string of the molecule is CN(Cc1ccccc1F)c1cc(Cl)ncn1. The van der Waals surface area contributed by atoms with Crippen molar-refractivity contribution in [2.24, 2.45) is 0 Å². The Bertz CT molecular complexity index is 519. The molecule has 0 aliphatic rings. The molecule has 2 aromatic rings. The molecule has 0 saturated carbocycles. The highest BCUT2D eigenvalue weighted by atomic mass is 35.5. The van der Waals surface area contributed by atoms with Crippen molar-refractivity contribution in [2.45, 2.75) is 6.54 Å². The van der Waals surface area contributed by atoms with E-state index >= 15 is 0 Å². The average Bonchev–Trinajstić information content (AvgIpc) is 2.32. The fraction of sp³-hybridized carbons (Fsp3) is 0.167. The average molecular weight is 252 g/mol. The predicted octanol–water partition coefficient (Wildman–Crippen LogP) is 2.91. The van der Waals surface area contributed by atoms with E-state index in [0.717, 1.165) is 0 Å². The summed E-state index contributed by atoms with van der Waals surface area (Å²) >= 11 is 5.77. The molecule has 0 radical (unpaired) electrons. The van der Waals surface area contributed by atoms with Crippen LogP contribution in [0.4, 0.5) is 10.2 Å². The minimum absolute atomic E-state index is 0.223. The zero-order valence-corrected chi connectivity index (χ0v) is 10.0. The number of aromatic nitrogens is 2. The van der Waals surface area contributed by atoms with Gasteiger partial charge in [0.25, 0.3) is 0 Å². The summed E-state index contributed by atoms with van der Waals surface area (Å²) in [5, 5.41) is 0.371. The number of hydrogen-bond acceptors (Lipinski definition) is 3. The number of rotatable bonds is 3. The van der Waals surface area contributed by atoms with E-state index in [4.69, 9.17) is 11.6 Å². The molecule has 0 aliphatic carbocycles. The first-order valence-corrected chi connectivity index (χ1v) is 5.46. The van der Waals surface area contributed by atoms with E-state index in [9.17, 15) is 4.39 Å². The van der Waals surface area contributed by atoms with Gasteiger partial charge in [-0.05, 0) is 6.07 Å². The molecule has 2 rings (SSSR count). The molecule has 0 unspecified atom stereocenters. The van der Waals surface area contributed by atoms with Gasteiger partial charge in [0.2, 0.25) is 0 Å². The zero-order chi connectivity index (χ0) is 12.3. The second-order valence-corrected chi connectivity index (χ2v) is 4.03. The molecule has 1 aromatic carbocycles. The zero-order valence-electron chi connectivity index (χ0n) is 9.27. The Labute approximate surface area is 104 Å². The Morgan fingerprint density at radius 1 is 1.29 bits per heavy atom. The molecule has 0 aliphatic heterocycles. The third-order valence-corrected chi connectivity index (χ3v) is 2.58. The maximum Gasteiger partial charge on any atom is 0.134 e. The quantitative estimate of drug-likeness (QED) is 0.786. The van der Waals surface area contributed by atoms with Crippen LogP contribution in [0, 0.1) is 5.82 Å². The molecule has 88 valence electrons. The largest absolute Gasteiger partial charge is 0.355 e. The molecule has 17 heavy (non-hydrogen) atoms. The van der Waals surface area contributed by atoms with E-state index in [1.165, 1.54) is 12.4 Å². The van der Waals surface area contributed by atoms with Crippen LogP contribution in [0.15, 0.2) is 36.7 Å². The van der Waals surface area contributed by atoms with Crippen LogP contribution >= 0.6 is 11.6 Å². The van der Waals surface area contributed by atoms with Crippen LogP contribution in [-0.4, -0.2) is 17.0 Å². The lowest BCUT2D eigenvalue weighted by molar-refractivity contribution is 0.607. The van der Waals surface area contributed by atoms with Gasteiger partial charge in [0.05, 0.1) is 0 Å². The second kappa shape index (κ2) is 5.10.